The molecule has 78 valence electrons. The van der Waals surface area contributed by atoms with E-state index in [4.69, 9.17) is 0 Å². The highest BCUT2D eigenvalue weighted by Gasteiger charge is 2.29. The average Bonchev–Trinajstić information content (AvgIpc) is 2.60. The van der Waals surface area contributed by atoms with Gasteiger partial charge in [-0.1, -0.05) is 48.9 Å². The summed E-state index contributed by atoms with van der Waals surface area (Å²) in [6.45, 7) is 6.89. The van der Waals surface area contributed by atoms with E-state index in [1.54, 1.807) is 0 Å². The van der Waals surface area contributed by atoms with Crippen LogP contribution in [0.2, 0.25) is 0 Å². The molecule has 0 aliphatic carbocycles. The zero-order chi connectivity index (χ0) is 10.3. The van der Waals surface area contributed by atoms with Crippen molar-refractivity contribution in [3.8, 4) is 0 Å². The van der Waals surface area contributed by atoms with Crippen molar-refractivity contribution in [3.63, 3.8) is 0 Å². The Labute approximate surface area is 103 Å². The van der Waals surface area contributed by atoms with Crippen LogP contribution < -0.4 is 0 Å². The van der Waals surface area contributed by atoms with E-state index in [-0.39, 0.29) is 0 Å². The molecule has 0 aromatic rings. The zero-order valence-electron chi connectivity index (χ0n) is 8.66. The van der Waals surface area contributed by atoms with Crippen LogP contribution in [0, 0.1) is 11.8 Å². The van der Waals surface area contributed by atoms with E-state index in [1.165, 1.54) is 9.81 Å². The van der Waals surface area contributed by atoms with E-state index < -0.39 is 0 Å². The number of hydrogen-bond donors (Lipinski definition) is 0. The van der Waals surface area contributed by atoms with Crippen LogP contribution in [0.15, 0.2) is 22.0 Å². The molecule has 4 atom stereocenters. The lowest BCUT2D eigenvalue weighted by Crippen LogP contribution is -2.00. The molecule has 4 unspecified atom stereocenters. The van der Waals surface area contributed by atoms with E-state index >= 15 is 0 Å². The van der Waals surface area contributed by atoms with Crippen molar-refractivity contribution in [2.45, 2.75) is 30.2 Å². The zero-order valence-corrected chi connectivity index (χ0v) is 11.9. The van der Waals surface area contributed by atoms with Crippen LogP contribution in [0.3, 0.4) is 0 Å². The summed E-state index contributed by atoms with van der Waals surface area (Å²) >= 11 is 7.69. The first-order chi connectivity index (χ1) is 6.58. The molecule has 2 aliphatic heterocycles. The van der Waals surface area contributed by atoms with Crippen LogP contribution in [0.1, 0.15) is 20.8 Å². The van der Waals surface area contributed by atoms with Crippen molar-refractivity contribution >= 4 is 39.5 Å². The normalized spacial score (nSPS) is 42.6. The molecule has 0 amide bonds. The molecule has 0 radical (unpaired) electrons. The Morgan fingerprint density at radius 1 is 1.00 bits per heavy atom. The van der Waals surface area contributed by atoms with Crippen molar-refractivity contribution in [3.05, 3.63) is 22.0 Å². The van der Waals surface area contributed by atoms with Gasteiger partial charge in [-0.2, -0.15) is 0 Å². The van der Waals surface area contributed by atoms with Crippen molar-refractivity contribution in [2.24, 2.45) is 11.8 Å². The highest BCUT2D eigenvalue weighted by atomic mass is 79.9. The molecule has 0 saturated heterocycles. The molecule has 14 heavy (non-hydrogen) atoms. The van der Waals surface area contributed by atoms with Gasteiger partial charge in [-0.25, -0.2) is 0 Å². The molecular weight excluding hydrogens is 276 g/mol. The number of rotatable bonds is 1. The second kappa shape index (κ2) is 4.26. The Morgan fingerprint density at radius 2 is 1.57 bits per heavy atom. The molecule has 0 fully saturated rings. The molecule has 0 aromatic heterocycles. The molecule has 0 aromatic carbocycles. The largest absolute Gasteiger partial charge is 0.122 e. The van der Waals surface area contributed by atoms with Crippen LogP contribution in [0.4, 0.5) is 0 Å². The van der Waals surface area contributed by atoms with Gasteiger partial charge in [-0.3, -0.25) is 0 Å². The fraction of sp³-hybridized carbons (Fsp3) is 0.636. The van der Waals surface area contributed by atoms with Crippen molar-refractivity contribution in [1.82, 2.24) is 0 Å². The molecular formula is C11H15BrS2. The van der Waals surface area contributed by atoms with E-state index in [9.17, 15) is 0 Å². The smallest absolute Gasteiger partial charge is 0.0707 e. The van der Waals surface area contributed by atoms with Crippen LogP contribution in [0.5, 0.6) is 0 Å². The fourth-order valence-electron chi connectivity index (χ4n) is 1.58. The number of allylic oxidation sites excluding steroid dienone is 2. The van der Waals surface area contributed by atoms with Gasteiger partial charge in [0.1, 0.15) is 0 Å². The Bertz CT molecular complexity index is 266. The maximum absolute atomic E-state index is 3.70. The van der Waals surface area contributed by atoms with Gasteiger partial charge >= 0.3 is 0 Å². The minimum atomic E-state index is 0.574. The summed E-state index contributed by atoms with van der Waals surface area (Å²) in [5.41, 5.74) is 0. The molecule has 0 saturated carbocycles. The first-order valence-electron chi connectivity index (χ1n) is 4.99. The SMILES string of the molecule is CC1C=C(C2=CC(C)C(Br)S2)SC1C. The van der Waals surface area contributed by atoms with Gasteiger partial charge in [0.15, 0.2) is 0 Å². The molecule has 2 aliphatic rings. The number of thioether (sulfide) groups is 2. The third kappa shape index (κ3) is 2.10. The minimum absolute atomic E-state index is 0.574. The van der Waals surface area contributed by atoms with E-state index in [0.29, 0.717) is 10.1 Å². The maximum atomic E-state index is 3.70. The summed E-state index contributed by atoms with van der Waals surface area (Å²) in [5, 5.41) is 0.746. The summed E-state index contributed by atoms with van der Waals surface area (Å²) in [4.78, 5) is 2.99. The first kappa shape index (κ1) is 11.2. The fourth-order valence-corrected chi connectivity index (χ4v) is 4.81. The number of alkyl halides is 1. The Hall–Kier alpha value is 0.660. The lowest BCUT2D eigenvalue weighted by atomic mass is 10.1. The third-order valence-electron chi connectivity index (χ3n) is 2.78. The van der Waals surface area contributed by atoms with Crippen molar-refractivity contribution in [1.29, 1.82) is 0 Å². The molecule has 0 bridgehead atoms. The molecule has 0 nitrogen and oxygen atoms in total. The molecule has 2 heterocycles. The third-order valence-corrected chi connectivity index (χ3v) is 6.98. The van der Waals surface area contributed by atoms with Gasteiger partial charge in [-0.15, -0.1) is 23.5 Å². The van der Waals surface area contributed by atoms with Gasteiger partial charge in [0.25, 0.3) is 0 Å². The van der Waals surface area contributed by atoms with Crippen LogP contribution >= 0.6 is 39.5 Å². The van der Waals surface area contributed by atoms with Crippen LogP contribution in [-0.2, 0) is 0 Å². The van der Waals surface area contributed by atoms with Gasteiger partial charge in [0.2, 0.25) is 0 Å². The van der Waals surface area contributed by atoms with Gasteiger partial charge < -0.3 is 0 Å². The first-order valence-corrected chi connectivity index (χ1v) is 7.67. The average molecular weight is 291 g/mol. The molecule has 3 heteroatoms. The highest BCUT2D eigenvalue weighted by Crippen LogP contribution is 2.50. The Kier molecular flexibility index (Phi) is 3.40. The van der Waals surface area contributed by atoms with Gasteiger partial charge in [-0.05, 0) is 11.8 Å². The molecule has 0 spiro atoms. The van der Waals surface area contributed by atoms with Crippen molar-refractivity contribution < 1.29 is 0 Å². The minimum Gasteiger partial charge on any atom is -0.122 e. The topological polar surface area (TPSA) is 0 Å². The molecule has 0 N–H and O–H groups in total. The van der Waals surface area contributed by atoms with E-state index in [1.807, 2.05) is 23.5 Å². The van der Waals surface area contributed by atoms with Gasteiger partial charge in [0.05, 0.1) is 4.16 Å². The second-order valence-electron chi connectivity index (χ2n) is 4.07. The van der Waals surface area contributed by atoms with Crippen LogP contribution in [-0.4, -0.2) is 9.41 Å². The predicted molar refractivity (Wildman–Crippen MR) is 71.9 cm³/mol. The standard InChI is InChI=1S/C11H15BrS2/c1-6-4-9(13-8(6)3)10-5-7(2)11(12)14-10/h4-8,11H,1-3H3. The highest BCUT2D eigenvalue weighted by molar-refractivity contribution is 9.11. The van der Waals surface area contributed by atoms with E-state index in [0.717, 1.165) is 11.2 Å². The number of hydrogen-bond acceptors (Lipinski definition) is 2. The quantitative estimate of drug-likeness (QED) is 0.646. The summed E-state index contributed by atoms with van der Waals surface area (Å²) in [7, 11) is 0. The lowest BCUT2D eigenvalue weighted by Gasteiger charge is -2.07. The van der Waals surface area contributed by atoms with Crippen LogP contribution in [0.25, 0.3) is 0 Å². The Morgan fingerprint density at radius 3 is 2.00 bits per heavy atom. The van der Waals surface area contributed by atoms with Gasteiger partial charge in [0, 0.05) is 15.1 Å². The monoisotopic (exact) mass is 290 g/mol. The van der Waals surface area contributed by atoms with Crippen molar-refractivity contribution in [2.75, 3.05) is 0 Å². The summed E-state index contributed by atoms with van der Waals surface area (Å²) in [5.74, 6) is 1.38. The summed E-state index contributed by atoms with van der Waals surface area (Å²) in [6.07, 6.45) is 4.82. The van der Waals surface area contributed by atoms with E-state index in [2.05, 4.69) is 48.9 Å². The Balaban J connectivity index is 2.11. The molecule has 2 rings (SSSR count). The number of halogens is 1. The second-order valence-corrected chi connectivity index (χ2v) is 8.27. The predicted octanol–water partition coefficient (Wildman–Crippen LogP) is 4.63. The lowest BCUT2D eigenvalue weighted by molar-refractivity contribution is 0.729. The summed E-state index contributed by atoms with van der Waals surface area (Å²) in [6, 6.07) is 0. The summed E-state index contributed by atoms with van der Waals surface area (Å²) < 4.78 is 0.574. The maximum Gasteiger partial charge on any atom is 0.0707 e.